The zero-order chi connectivity index (χ0) is 24.8. The molecule has 0 atom stereocenters. The number of nitrogens with zero attached hydrogens (tertiary/aromatic N) is 3. The van der Waals surface area contributed by atoms with E-state index in [0.717, 1.165) is 0 Å². The van der Waals surface area contributed by atoms with E-state index in [1.54, 1.807) is 0 Å². The maximum Gasteiger partial charge on any atom is 0.336 e. The van der Waals surface area contributed by atoms with Gasteiger partial charge >= 0.3 is 35.0 Å². The highest BCUT2D eigenvalue weighted by Gasteiger charge is 2.18. The maximum absolute atomic E-state index is 12.8. The van der Waals surface area contributed by atoms with Crippen LogP contribution in [0.5, 0.6) is 0 Å². The molecule has 1 aromatic heterocycles. The summed E-state index contributed by atoms with van der Waals surface area (Å²) < 4.78 is 16.5. The molecule has 1 aromatic rings. The molecule has 0 aromatic carbocycles. The summed E-state index contributed by atoms with van der Waals surface area (Å²) in [6.07, 6.45) is 3.08. The van der Waals surface area contributed by atoms with Gasteiger partial charge in [-0.05, 0) is 0 Å². The van der Waals surface area contributed by atoms with Crippen LogP contribution in [0.25, 0.3) is 0 Å². The van der Waals surface area contributed by atoms with Crippen LogP contribution in [0.4, 0.5) is 0 Å². The topological polar surface area (TPSA) is 145 Å². The zero-order valence-corrected chi connectivity index (χ0v) is 18.2. The van der Waals surface area contributed by atoms with Gasteiger partial charge in [-0.2, -0.15) is 0 Å². The lowest BCUT2D eigenvalue weighted by Crippen LogP contribution is -2.55. The number of hydrogen-bond acceptors (Lipinski definition) is 9. The Bertz CT molecular complexity index is 899. The summed E-state index contributed by atoms with van der Waals surface area (Å²) in [5.74, 6) is -2.07. The molecule has 0 unspecified atom stereocenters. The molecule has 12 heteroatoms. The molecular formula is C21H27N3O9. The lowest BCUT2D eigenvalue weighted by molar-refractivity contribution is -0.143. The molecule has 0 amide bonds. The number of hydrogen-bond donors (Lipinski definition) is 0. The Morgan fingerprint density at radius 2 is 0.818 bits per heavy atom. The molecule has 0 N–H and O–H groups in total. The van der Waals surface area contributed by atoms with Crippen LogP contribution in [0, 0.1) is 0 Å². The summed E-state index contributed by atoms with van der Waals surface area (Å²) in [6, 6.07) is 0. The van der Waals surface area contributed by atoms with E-state index in [0.29, 0.717) is 13.7 Å². The lowest BCUT2D eigenvalue weighted by atomic mass is 10.4. The monoisotopic (exact) mass is 465 g/mol. The molecule has 0 saturated heterocycles. The molecule has 1 rings (SSSR count). The Kier molecular flexibility index (Phi) is 11.6. The normalized spacial score (nSPS) is 10.2. The van der Waals surface area contributed by atoms with Crippen molar-refractivity contribution in [1.82, 2.24) is 13.7 Å². The number of aromatic nitrogens is 3. The molecule has 0 fully saturated rings. The molecule has 0 saturated carbocycles. The second-order valence-corrected chi connectivity index (χ2v) is 6.47. The average Bonchev–Trinajstić information content (AvgIpc) is 2.79. The van der Waals surface area contributed by atoms with Crippen molar-refractivity contribution in [3.8, 4) is 0 Å². The van der Waals surface area contributed by atoms with Crippen LogP contribution in [0.2, 0.25) is 0 Å². The maximum atomic E-state index is 12.8. The summed E-state index contributed by atoms with van der Waals surface area (Å²) in [4.78, 5) is 73.6. The van der Waals surface area contributed by atoms with Crippen LogP contribution in [0.1, 0.15) is 19.3 Å². The van der Waals surface area contributed by atoms with Crippen molar-refractivity contribution in [1.29, 1.82) is 0 Å². The summed E-state index contributed by atoms with van der Waals surface area (Å²) in [6.45, 7) is 8.95. The lowest BCUT2D eigenvalue weighted by Gasteiger charge is -2.13. The van der Waals surface area contributed by atoms with Gasteiger partial charge in [0.25, 0.3) is 0 Å². The Morgan fingerprint density at radius 3 is 1.03 bits per heavy atom. The van der Waals surface area contributed by atoms with Crippen molar-refractivity contribution in [2.75, 3.05) is 19.8 Å². The molecule has 1 heterocycles. The van der Waals surface area contributed by atoms with Crippen molar-refractivity contribution < 1.29 is 28.6 Å². The number of esters is 3. The van der Waals surface area contributed by atoms with Crippen LogP contribution >= 0.6 is 0 Å². The number of carbonyl (C=O) groups excluding carboxylic acids is 3. The van der Waals surface area contributed by atoms with Crippen molar-refractivity contribution in [2.45, 2.75) is 38.9 Å². The van der Waals surface area contributed by atoms with Gasteiger partial charge in [0.2, 0.25) is 0 Å². The number of carbonyl (C=O) groups is 3. The van der Waals surface area contributed by atoms with Gasteiger partial charge < -0.3 is 14.2 Å². The van der Waals surface area contributed by atoms with Gasteiger partial charge in [-0.25, -0.2) is 28.1 Å². The largest absolute Gasteiger partial charge is 0.461 e. The first kappa shape index (κ1) is 27.1. The van der Waals surface area contributed by atoms with E-state index < -0.39 is 35.0 Å². The van der Waals surface area contributed by atoms with Gasteiger partial charge in [-0.1, -0.05) is 38.0 Å². The quantitative estimate of drug-likeness (QED) is 0.191. The van der Waals surface area contributed by atoms with Gasteiger partial charge in [-0.15, -0.1) is 0 Å². The second-order valence-electron chi connectivity index (χ2n) is 6.47. The molecule has 0 aliphatic heterocycles. The minimum atomic E-state index is -1.01. The fraction of sp³-hybridized carbons (Fsp3) is 0.429. The molecule has 0 aliphatic carbocycles. The molecule has 180 valence electrons. The molecule has 0 aliphatic rings. The highest BCUT2D eigenvalue weighted by Crippen LogP contribution is 1.94. The van der Waals surface area contributed by atoms with Gasteiger partial charge in [-0.3, -0.25) is 14.4 Å². The molecular weight excluding hydrogens is 438 g/mol. The Morgan fingerprint density at radius 1 is 0.576 bits per heavy atom. The van der Waals surface area contributed by atoms with E-state index in [-0.39, 0.29) is 58.7 Å². The van der Waals surface area contributed by atoms with Crippen molar-refractivity contribution in [3.63, 3.8) is 0 Å². The smallest absolute Gasteiger partial charge is 0.336 e. The van der Waals surface area contributed by atoms with Gasteiger partial charge in [0, 0.05) is 19.6 Å². The molecule has 0 radical (unpaired) electrons. The highest BCUT2D eigenvalue weighted by atomic mass is 16.5. The van der Waals surface area contributed by atoms with E-state index in [1.807, 2.05) is 0 Å². The van der Waals surface area contributed by atoms with Crippen LogP contribution in [-0.2, 0) is 48.2 Å². The standard InChI is InChI=1S/C21H27N3O9/c1-4-13-31-16(25)7-10-22-19(28)23(11-8-17(26)32-14-5-2)21(30)24(20(22)29)12-9-18(27)33-15-6-3/h4-6H,1-3,7-15H2. The summed E-state index contributed by atoms with van der Waals surface area (Å²) >= 11 is 0. The third kappa shape index (κ3) is 8.59. The van der Waals surface area contributed by atoms with Crippen LogP contribution in [0.3, 0.4) is 0 Å². The van der Waals surface area contributed by atoms with Crippen molar-refractivity contribution >= 4 is 17.9 Å². The molecule has 12 nitrogen and oxygen atoms in total. The second kappa shape index (κ2) is 14.2. The first-order valence-corrected chi connectivity index (χ1v) is 10.0. The van der Waals surface area contributed by atoms with Gasteiger partial charge in [0.05, 0.1) is 19.3 Å². The third-order valence-electron chi connectivity index (χ3n) is 4.09. The summed E-state index contributed by atoms with van der Waals surface area (Å²) in [7, 11) is 0. The van der Waals surface area contributed by atoms with E-state index in [1.165, 1.54) is 18.2 Å². The highest BCUT2D eigenvalue weighted by molar-refractivity contribution is 5.70. The Balaban J connectivity index is 3.25. The molecule has 0 bridgehead atoms. The van der Waals surface area contributed by atoms with Gasteiger partial charge in [0.1, 0.15) is 19.8 Å². The summed E-state index contributed by atoms with van der Waals surface area (Å²) in [5, 5.41) is 0. The van der Waals surface area contributed by atoms with Crippen molar-refractivity contribution in [2.24, 2.45) is 0 Å². The number of ether oxygens (including phenoxy) is 3. The van der Waals surface area contributed by atoms with E-state index in [2.05, 4.69) is 19.7 Å². The van der Waals surface area contributed by atoms with Crippen LogP contribution in [0.15, 0.2) is 52.3 Å². The van der Waals surface area contributed by atoms with Crippen LogP contribution < -0.4 is 17.1 Å². The Labute approximate surface area is 189 Å². The SMILES string of the molecule is C=CCOC(=O)CCn1c(=O)n(CCC(=O)OCC=C)c(=O)n(CCC(=O)OCC=C)c1=O. The Hall–Kier alpha value is -3.96. The van der Waals surface area contributed by atoms with E-state index in [4.69, 9.17) is 14.2 Å². The minimum Gasteiger partial charge on any atom is -0.461 e. The third-order valence-corrected chi connectivity index (χ3v) is 4.09. The molecule has 33 heavy (non-hydrogen) atoms. The van der Waals surface area contributed by atoms with E-state index >= 15 is 0 Å². The first-order chi connectivity index (χ1) is 15.8. The zero-order valence-electron chi connectivity index (χ0n) is 18.2. The average molecular weight is 465 g/mol. The van der Waals surface area contributed by atoms with E-state index in [9.17, 15) is 28.8 Å². The van der Waals surface area contributed by atoms with Crippen molar-refractivity contribution in [3.05, 3.63) is 69.4 Å². The fourth-order valence-corrected chi connectivity index (χ4v) is 2.54. The number of rotatable bonds is 15. The van der Waals surface area contributed by atoms with Crippen LogP contribution in [-0.4, -0.2) is 51.4 Å². The minimum absolute atomic E-state index is 0.0445. The fourth-order valence-electron chi connectivity index (χ4n) is 2.54. The predicted octanol–water partition coefficient (Wildman–Crippen LogP) is -0.470. The summed E-state index contributed by atoms with van der Waals surface area (Å²) in [5.41, 5.74) is -3.03. The van der Waals surface area contributed by atoms with Gasteiger partial charge in [0.15, 0.2) is 0 Å². The first-order valence-electron chi connectivity index (χ1n) is 10.0. The predicted molar refractivity (Wildman–Crippen MR) is 117 cm³/mol. The molecule has 0 spiro atoms.